The number of ether oxygens (including phenoxy) is 7. The first-order valence-corrected chi connectivity index (χ1v) is 20.7. The fraction of sp³-hybridized carbons (Fsp3) is 0.545. The summed E-state index contributed by atoms with van der Waals surface area (Å²) in [6.45, 7) is 4.24. The molecule has 4 aliphatic heterocycles. The number of benzene rings is 3. The zero-order valence-electron chi connectivity index (χ0n) is 33.7. The average Bonchev–Trinajstić information content (AvgIpc) is 3.98. The van der Waals surface area contributed by atoms with Gasteiger partial charge in [-0.15, -0.1) is 0 Å². The molecule has 0 aromatic heterocycles. The molecule has 1 aliphatic carbocycles. The average molecular weight is 836 g/mol. The predicted octanol–water partition coefficient (Wildman–Crippen LogP) is 4.37. The first-order chi connectivity index (χ1) is 28.9. The molecule has 16 heteroatoms. The summed E-state index contributed by atoms with van der Waals surface area (Å²) in [5.74, 6) is 1.37. The fourth-order valence-electron chi connectivity index (χ4n) is 8.97. The molecule has 3 aromatic rings. The highest BCUT2D eigenvalue weighted by Crippen LogP contribution is 2.57. The highest BCUT2D eigenvalue weighted by Gasteiger charge is 2.48. The van der Waals surface area contributed by atoms with Crippen LogP contribution in [0, 0.1) is 11.8 Å². The lowest BCUT2D eigenvalue weighted by Crippen LogP contribution is -2.60. The quantitative estimate of drug-likeness (QED) is 0.0585. The zero-order valence-corrected chi connectivity index (χ0v) is 33.7. The number of rotatable bonds is 16. The molecule has 3 aromatic carbocycles. The fourth-order valence-corrected chi connectivity index (χ4v) is 8.97. The van der Waals surface area contributed by atoms with E-state index in [0.717, 1.165) is 47.3 Å². The number of carboxylic acids is 1. The van der Waals surface area contributed by atoms with Crippen molar-refractivity contribution in [1.82, 2.24) is 0 Å². The summed E-state index contributed by atoms with van der Waals surface area (Å²) >= 11 is 0. The van der Waals surface area contributed by atoms with Gasteiger partial charge in [-0.2, -0.15) is 4.89 Å². The molecule has 6 N–H and O–H groups in total. The zero-order chi connectivity index (χ0) is 42.1. The minimum Gasteiger partial charge on any atom is -0.508 e. The monoisotopic (exact) mass is 835 g/mol. The van der Waals surface area contributed by atoms with E-state index in [-0.39, 0.29) is 37.4 Å². The molecule has 2 fully saturated rings. The molecule has 16 nitrogen and oxygen atoms in total. The van der Waals surface area contributed by atoms with Crippen molar-refractivity contribution in [2.24, 2.45) is 17.6 Å². The molecule has 0 amide bonds. The van der Waals surface area contributed by atoms with Gasteiger partial charge in [-0.1, -0.05) is 45.6 Å². The minimum absolute atomic E-state index is 0.0275. The SMILES string of the molecule is CC(C)Cc1c2c(cc3c1O[C@@H]1c4cc(OO[C@@H]5[C@H](OCCN)O[C@H](COC(=O)CC(=O)O)[C@@H](O)[C@@H]5O)c(Cc5cc(O)cc(CC6CCCC6)c5)cc4OC[C@@H]31)OCO2. The van der Waals surface area contributed by atoms with Gasteiger partial charge in [0.05, 0.1) is 19.1 Å². The van der Waals surface area contributed by atoms with Crippen LogP contribution in [0.25, 0.3) is 0 Å². The normalized spacial score (nSPS) is 25.3. The highest BCUT2D eigenvalue weighted by molar-refractivity contribution is 5.90. The van der Waals surface area contributed by atoms with Crippen molar-refractivity contribution in [1.29, 1.82) is 0 Å². The Hall–Kier alpha value is -4.84. The molecule has 5 aliphatic rings. The first-order valence-electron chi connectivity index (χ1n) is 20.7. The van der Waals surface area contributed by atoms with Crippen molar-refractivity contribution in [3.05, 3.63) is 69.8 Å². The van der Waals surface area contributed by atoms with Crippen LogP contribution in [0.4, 0.5) is 0 Å². The van der Waals surface area contributed by atoms with Crippen molar-refractivity contribution in [2.75, 3.05) is 33.2 Å². The van der Waals surface area contributed by atoms with Crippen LogP contribution in [0.1, 0.15) is 91.4 Å². The minimum atomic E-state index is -1.68. The number of aromatic hydroxyl groups is 1. The largest absolute Gasteiger partial charge is 0.508 e. The van der Waals surface area contributed by atoms with Gasteiger partial charge in [-0.05, 0) is 66.1 Å². The number of esters is 1. The topological polar surface area (TPSA) is 224 Å². The third kappa shape index (κ3) is 8.94. The van der Waals surface area contributed by atoms with E-state index in [1.807, 2.05) is 18.2 Å². The van der Waals surface area contributed by atoms with Crippen LogP contribution in [0.3, 0.4) is 0 Å². The van der Waals surface area contributed by atoms with E-state index in [0.29, 0.717) is 59.7 Å². The van der Waals surface area contributed by atoms with Gasteiger partial charge >= 0.3 is 11.9 Å². The Bertz CT molecular complexity index is 2050. The summed E-state index contributed by atoms with van der Waals surface area (Å²) < 4.78 is 41.7. The Kier molecular flexibility index (Phi) is 12.6. The molecular formula is C44H53NO15. The maximum Gasteiger partial charge on any atom is 0.317 e. The number of nitrogens with two attached hydrogens (primary N) is 1. The van der Waals surface area contributed by atoms with Crippen LogP contribution >= 0.6 is 0 Å². The van der Waals surface area contributed by atoms with Gasteiger partial charge < -0.3 is 64.2 Å². The highest BCUT2D eigenvalue weighted by atomic mass is 17.2. The maximum absolute atomic E-state index is 11.9. The molecule has 4 heterocycles. The Morgan fingerprint density at radius 3 is 2.50 bits per heavy atom. The second kappa shape index (κ2) is 18.0. The van der Waals surface area contributed by atoms with E-state index in [2.05, 4.69) is 19.9 Å². The second-order valence-corrected chi connectivity index (χ2v) is 16.7. The van der Waals surface area contributed by atoms with Crippen LogP contribution in [-0.2, 0) is 47.9 Å². The Morgan fingerprint density at radius 1 is 0.933 bits per heavy atom. The lowest BCUT2D eigenvalue weighted by atomic mass is 9.86. The van der Waals surface area contributed by atoms with Crippen molar-refractivity contribution < 1.29 is 72.9 Å². The van der Waals surface area contributed by atoms with Gasteiger partial charge in [0.25, 0.3) is 0 Å². The van der Waals surface area contributed by atoms with Gasteiger partial charge in [0.15, 0.2) is 29.6 Å². The molecule has 324 valence electrons. The molecular weight excluding hydrogens is 782 g/mol. The van der Waals surface area contributed by atoms with E-state index in [1.165, 1.54) is 12.8 Å². The van der Waals surface area contributed by atoms with Crippen LogP contribution in [0.5, 0.6) is 34.5 Å². The molecule has 8 rings (SSSR count). The second-order valence-electron chi connectivity index (χ2n) is 16.7. The summed E-state index contributed by atoms with van der Waals surface area (Å²) in [6.07, 6.45) is -2.14. The van der Waals surface area contributed by atoms with Gasteiger partial charge in [0, 0.05) is 35.2 Å². The van der Waals surface area contributed by atoms with Crippen LogP contribution < -0.4 is 29.6 Å². The summed E-state index contributed by atoms with van der Waals surface area (Å²) in [7, 11) is 0. The molecule has 1 saturated carbocycles. The van der Waals surface area contributed by atoms with Gasteiger partial charge in [0.1, 0.15) is 54.7 Å². The third-order valence-electron chi connectivity index (χ3n) is 11.7. The molecule has 7 atom stereocenters. The number of aliphatic carboxylic acids is 1. The smallest absolute Gasteiger partial charge is 0.317 e. The number of hydrogen-bond acceptors (Lipinski definition) is 15. The van der Waals surface area contributed by atoms with Gasteiger partial charge in [0.2, 0.25) is 6.79 Å². The summed E-state index contributed by atoms with van der Waals surface area (Å²) in [4.78, 5) is 35.0. The number of phenolic OH excluding ortho intramolecular Hbond substituents is 1. The Labute approximate surface area is 347 Å². The lowest BCUT2D eigenvalue weighted by molar-refractivity contribution is -0.372. The Balaban J connectivity index is 1.10. The van der Waals surface area contributed by atoms with Crippen LogP contribution in [-0.4, -0.2) is 96.2 Å². The van der Waals surface area contributed by atoms with Crippen LogP contribution in [0.15, 0.2) is 36.4 Å². The van der Waals surface area contributed by atoms with E-state index < -0.39 is 61.8 Å². The molecule has 0 bridgehead atoms. The molecule has 0 radical (unpaired) electrons. The Morgan fingerprint density at radius 2 is 1.73 bits per heavy atom. The standard InChI is InChI=1S/C44H53NO15/c1-22(2)9-30-40-28(16-34-42(30)56-21-55-34)31-19-53-33-15-26(12-25-11-24(13-27(46)14-25)10-23-5-3-4-6-23)32(17-29(33)41(31)58-40)59-60-43-39(51)38(50)35(57-44(43)52-8-7-45)20-54-37(49)18-36(47)48/h11,13-17,22-23,31,35,38-39,41,43-44,46,50-51H,3-10,12,18-21,45H2,1-2H3,(H,47,48)/t31-,35+,38+,39-,41+,43-,44+/m0/s1. The summed E-state index contributed by atoms with van der Waals surface area (Å²) in [5, 5.41) is 42.2. The van der Waals surface area contributed by atoms with Crippen molar-refractivity contribution in [3.63, 3.8) is 0 Å². The van der Waals surface area contributed by atoms with Crippen molar-refractivity contribution in [3.8, 4) is 34.5 Å². The third-order valence-corrected chi connectivity index (χ3v) is 11.7. The van der Waals surface area contributed by atoms with Crippen LogP contribution in [0.2, 0.25) is 0 Å². The number of carbonyl (C=O) groups is 2. The van der Waals surface area contributed by atoms with Crippen molar-refractivity contribution >= 4 is 11.9 Å². The van der Waals surface area contributed by atoms with Crippen molar-refractivity contribution in [2.45, 2.75) is 108 Å². The molecule has 0 spiro atoms. The van der Waals surface area contributed by atoms with E-state index in [9.17, 15) is 24.9 Å². The first kappa shape index (κ1) is 41.9. The summed E-state index contributed by atoms with van der Waals surface area (Å²) in [6, 6.07) is 11.2. The van der Waals surface area contributed by atoms with Gasteiger partial charge in [-0.3, -0.25) is 9.59 Å². The summed E-state index contributed by atoms with van der Waals surface area (Å²) in [5.41, 5.74) is 10.8. The molecule has 60 heavy (non-hydrogen) atoms. The van der Waals surface area contributed by atoms with Gasteiger partial charge in [-0.25, -0.2) is 0 Å². The lowest BCUT2D eigenvalue weighted by Gasteiger charge is -2.41. The van der Waals surface area contributed by atoms with E-state index in [1.54, 1.807) is 12.1 Å². The molecule has 1 saturated heterocycles. The maximum atomic E-state index is 11.9. The van der Waals surface area contributed by atoms with E-state index >= 15 is 0 Å². The number of carboxylic acid groups (broad SMARTS) is 1. The number of phenols is 1. The van der Waals surface area contributed by atoms with E-state index in [4.69, 9.17) is 53.8 Å². The predicted molar refractivity (Wildman–Crippen MR) is 210 cm³/mol. The molecule has 0 unspecified atom stereocenters. The number of carbonyl (C=O) groups excluding carboxylic acids is 1. The number of aliphatic hydroxyl groups is 2. The number of fused-ring (bicyclic) bond motifs is 6. The number of hydrogen-bond donors (Lipinski definition) is 5. The number of aliphatic hydroxyl groups excluding tert-OH is 2.